The minimum atomic E-state index is -0.0291. The van der Waals surface area contributed by atoms with Crippen LogP contribution in [0.5, 0.6) is 0 Å². The summed E-state index contributed by atoms with van der Waals surface area (Å²) < 4.78 is 5.92. The molecule has 0 aliphatic heterocycles. The molecule has 0 aromatic heterocycles. The highest BCUT2D eigenvalue weighted by atomic mass is 127. The van der Waals surface area contributed by atoms with Gasteiger partial charge in [-0.25, -0.2) is 0 Å². The van der Waals surface area contributed by atoms with Crippen molar-refractivity contribution in [2.45, 2.75) is 57.8 Å². The fourth-order valence-corrected chi connectivity index (χ4v) is 2.37. The number of hydrogen-bond acceptors (Lipinski definition) is 2. The van der Waals surface area contributed by atoms with Gasteiger partial charge >= 0.3 is 5.97 Å². The highest BCUT2D eigenvalue weighted by Gasteiger charge is 2.04. The van der Waals surface area contributed by atoms with Crippen LogP contribution in [0.1, 0.15) is 57.8 Å². The molecule has 0 aromatic carbocycles. The van der Waals surface area contributed by atoms with Gasteiger partial charge in [0.2, 0.25) is 0 Å². The first-order valence-electron chi connectivity index (χ1n) is 6.72. The second kappa shape index (κ2) is 9.92. The molecule has 3 heteroatoms. The van der Waals surface area contributed by atoms with Crippen molar-refractivity contribution in [2.75, 3.05) is 11.0 Å². The fourth-order valence-electron chi connectivity index (χ4n) is 2.15. The molecule has 98 valence electrons. The van der Waals surface area contributed by atoms with Crippen molar-refractivity contribution >= 4 is 28.6 Å². The van der Waals surface area contributed by atoms with Crippen molar-refractivity contribution in [1.29, 1.82) is 0 Å². The van der Waals surface area contributed by atoms with Gasteiger partial charge in [0, 0.05) is 10.8 Å². The molecule has 0 fully saturated rings. The average molecular weight is 350 g/mol. The third kappa shape index (κ3) is 7.79. The van der Waals surface area contributed by atoms with Crippen LogP contribution in [-0.2, 0) is 9.53 Å². The van der Waals surface area contributed by atoms with E-state index in [9.17, 15) is 4.79 Å². The van der Waals surface area contributed by atoms with E-state index in [1.807, 2.05) is 0 Å². The largest absolute Gasteiger partial charge is 0.465 e. The van der Waals surface area contributed by atoms with E-state index in [0.717, 1.165) is 17.3 Å². The van der Waals surface area contributed by atoms with Crippen LogP contribution in [0.25, 0.3) is 0 Å². The van der Waals surface area contributed by atoms with E-state index in [4.69, 9.17) is 4.74 Å². The summed E-state index contributed by atoms with van der Waals surface area (Å²) in [6, 6.07) is 0. The van der Waals surface area contributed by atoms with Gasteiger partial charge in [-0.15, -0.1) is 0 Å². The normalized spacial score (nSPS) is 15.5. The molecule has 1 rings (SSSR count). The summed E-state index contributed by atoms with van der Waals surface area (Å²) in [6.45, 7) is 0.562. The fraction of sp³-hybridized carbons (Fsp3) is 0.786. The summed E-state index contributed by atoms with van der Waals surface area (Å²) in [5.74, 6) is -0.0291. The minimum Gasteiger partial charge on any atom is -0.465 e. The number of unbranched alkanes of at least 4 members (excludes halogenated alkanes) is 2. The number of rotatable bonds is 8. The van der Waals surface area contributed by atoms with Gasteiger partial charge in [-0.3, -0.25) is 4.79 Å². The SMILES string of the molecule is O=C(CCCCCC1=CCCCC1)OCCI. The predicted molar refractivity (Wildman–Crippen MR) is 79.5 cm³/mol. The van der Waals surface area contributed by atoms with Gasteiger partial charge in [0.05, 0.1) is 0 Å². The molecule has 0 amide bonds. The smallest absolute Gasteiger partial charge is 0.305 e. The summed E-state index contributed by atoms with van der Waals surface area (Å²) in [4.78, 5) is 11.2. The summed E-state index contributed by atoms with van der Waals surface area (Å²) in [6.07, 6.45) is 12.9. The van der Waals surface area contributed by atoms with Crippen molar-refractivity contribution in [3.8, 4) is 0 Å². The van der Waals surface area contributed by atoms with Crippen molar-refractivity contribution in [1.82, 2.24) is 0 Å². The molecule has 0 atom stereocenters. The zero-order chi connectivity index (χ0) is 12.3. The van der Waals surface area contributed by atoms with Crippen LogP contribution in [-0.4, -0.2) is 17.0 Å². The molecule has 0 aromatic rings. The number of hydrogen-bond donors (Lipinski definition) is 0. The lowest BCUT2D eigenvalue weighted by Crippen LogP contribution is -2.06. The van der Waals surface area contributed by atoms with E-state index in [0.29, 0.717) is 13.0 Å². The Bertz CT molecular complexity index is 249. The molecule has 1 aliphatic carbocycles. The van der Waals surface area contributed by atoms with Gasteiger partial charge in [-0.2, -0.15) is 0 Å². The zero-order valence-electron chi connectivity index (χ0n) is 10.5. The van der Waals surface area contributed by atoms with Crippen LogP contribution in [0, 0.1) is 0 Å². The summed E-state index contributed by atoms with van der Waals surface area (Å²) >= 11 is 2.21. The zero-order valence-corrected chi connectivity index (χ0v) is 12.7. The first-order valence-corrected chi connectivity index (χ1v) is 8.25. The van der Waals surface area contributed by atoms with Gasteiger partial charge in [0.1, 0.15) is 6.61 Å². The van der Waals surface area contributed by atoms with Crippen LogP contribution in [0.3, 0.4) is 0 Å². The van der Waals surface area contributed by atoms with Crippen LogP contribution in [0.4, 0.5) is 0 Å². The van der Waals surface area contributed by atoms with Gasteiger partial charge < -0.3 is 4.74 Å². The van der Waals surface area contributed by atoms with E-state index in [1.165, 1.54) is 38.5 Å². The molecule has 0 bridgehead atoms. The molecule has 0 N–H and O–H groups in total. The molecule has 0 radical (unpaired) electrons. The van der Waals surface area contributed by atoms with Gasteiger partial charge in [0.15, 0.2) is 0 Å². The predicted octanol–water partition coefficient (Wildman–Crippen LogP) is 4.42. The Kier molecular flexibility index (Phi) is 8.75. The number of alkyl halides is 1. The van der Waals surface area contributed by atoms with Crippen LogP contribution in [0.15, 0.2) is 11.6 Å². The quantitative estimate of drug-likeness (QED) is 0.213. The number of halogens is 1. The highest BCUT2D eigenvalue weighted by Crippen LogP contribution is 2.22. The van der Waals surface area contributed by atoms with Gasteiger partial charge in [-0.05, 0) is 44.9 Å². The Morgan fingerprint density at radius 1 is 1.29 bits per heavy atom. The van der Waals surface area contributed by atoms with Gasteiger partial charge in [0.25, 0.3) is 0 Å². The monoisotopic (exact) mass is 350 g/mol. The second-order valence-corrected chi connectivity index (χ2v) is 5.66. The van der Waals surface area contributed by atoms with Gasteiger partial charge in [-0.1, -0.05) is 40.7 Å². The number of allylic oxidation sites excluding steroid dienone is 2. The number of carbonyl (C=O) groups excluding carboxylic acids is 1. The number of esters is 1. The van der Waals surface area contributed by atoms with E-state index in [-0.39, 0.29) is 5.97 Å². The van der Waals surface area contributed by atoms with Crippen molar-refractivity contribution in [3.63, 3.8) is 0 Å². The Labute approximate surface area is 118 Å². The number of carbonyl (C=O) groups is 1. The maximum atomic E-state index is 11.2. The first kappa shape index (κ1) is 15.0. The third-order valence-electron chi connectivity index (χ3n) is 3.10. The van der Waals surface area contributed by atoms with Crippen molar-refractivity contribution < 1.29 is 9.53 Å². The lowest BCUT2D eigenvalue weighted by molar-refractivity contribution is -0.143. The molecule has 17 heavy (non-hydrogen) atoms. The Morgan fingerprint density at radius 3 is 2.88 bits per heavy atom. The molecule has 0 unspecified atom stereocenters. The number of ether oxygens (including phenoxy) is 1. The molecular weight excluding hydrogens is 327 g/mol. The Morgan fingerprint density at radius 2 is 2.18 bits per heavy atom. The topological polar surface area (TPSA) is 26.3 Å². The first-order chi connectivity index (χ1) is 8.33. The summed E-state index contributed by atoms with van der Waals surface area (Å²) in [5, 5.41) is 0. The Hall–Kier alpha value is -0.0600. The summed E-state index contributed by atoms with van der Waals surface area (Å²) in [7, 11) is 0. The van der Waals surface area contributed by atoms with E-state index in [1.54, 1.807) is 5.57 Å². The van der Waals surface area contributed by atoms with Crippen LogP contribution >= 0.6 is 22.6 Å². The molecular formula is C14H23IO2. The van der Waals surface area contributed by atoms with Crippen LogP contribution in [0.2, 0.25) is 0 Å². The van der Waals surface area contributed by atoms with E-state index >= 15 is 0 Å². The average Bonchev–Trinajstić information content (AvgIpc) is 2.37. The third-order valence-corrected chi connectivity index (χ3v) is 3.54. The molecule has 1 aliphatic rings. The lowest BCUT2D eigenvalue weighted by Gasteiger charge is -2.12. The van der Waals surface area contributed by atoms with Crippen molar-refractivity contribution in [3.05, 3.63) is 11.6 Å². The maximum absolute atomic E-state index is 11.2. The van der Waals surface area contributed by atoms with E-state index in [2.05, 4.69) is 28.7 Å². The van der Waals surface area contributed by atoms with Crippen molar-refractivity contribution in [2.24, 2.45) is 0 Å². The standard InChI is InChI=1S/C14H23IO2/c15-11-12-17-14(16)10-6-2-5-9-13-7-3-1-4-8-13/h7H,1-6,8-12H2. The molecule has 0 saturated heterocycles. The second-order valence-electron chi connectivity index (χ2n) is 4.58. The maximum Gasteiger partial charge on any atom is 0.305 e. The molecule has 0 heterocycles. The van der Waals surface area contributed by atoms with E-state index < -0.39 is 0 Å². The summed E-state index contributed by atoms with van der Waals surface area (Å²) in [5.41, 5.74) is 1.64. The Balaban J connectivity index is 1.93. The highest BCUT2D eigenvalue weighted by molar-refractivity contribution is 14.1. The minimum absolute atomic E-state index is 0.0291. The molecule has 0 spiro atoms. The van der Waals surface area contributed by atoms with Crippen LogP contribution < -0.4 is 0 Å². The lowest BCUT2D eigenvalue weighted by atomic mass is 9.95. The molecule has 0 saturated carbocycles. The molecule has 2 nitrogen and oxygen atoms in total.